The first kappa shape index (κ1) is 14.0. The molecule has 0 spiro atoms. The van der Waals surface area contributed by atoms with E-state index in [1.807, 2.05) is 0 Å². The number of thiazole rings is 1. The molecule has 1 rings (SSSR count). The Bertz CT molecular complexity index is 401. The van der Waals surface area contributed by atoms with Crippen LogP contribution in [0, 0.1) is 0 Å². The van der Waals surface area contributed by atoms with Gasteiger partial charge in [-0.2, -0.15) is 13.2 Å². The molecule has 0 aromatic carbocycles. The average molecular weight is 266 g/mol. The van der Waals surface area contributed by atoms with Crippen LogP contribution in [0.5, 0.6) is 0 Å². The summed E-state index contributed by atoms with van der Waals surface area (Å²) < 4.78 is 37.2. The average Bonchev–Trinajstić information content (AvgIpc) is 2.60. The lowest BCUT2D eigenvalue weighted by Gasteiger charge is -2.26. The number of rotatable bonds is 4. The van der Waals surface area contributed by atoms with Gasteiger partial charge in [-0.25, -0.2) is 4.98 Å². The lowest BCUT2D eigenvalue weighted by molar-refractivity contribution is -0.120. The predicted molar refractivity (Wildman–Crippen MR) is 60.7 cm³/mol. The summed E-state index contributed by atoms with van der Waals surface area (Å²) >= 11 is 1.05. The van der Waals surface area contributed by atoms with Gasteiger partial charge in [-0.15, -0.1) is 11.3 Å². The highest BCUT2D eigenvalue weighted by Gasteiger charge is 2.33. The highest BCUT2D eigenvalue weighted by atomic mass is 32.1. The third-order valence-electron chi connectivity index (χ3n) is 2.07. The van der Waals surface area contributed by atoms with E-state index >= 15 is 0 Å². The second kappa shape index (κ2) is 5.03. The first-order chi connectivity index (χ1) is 7.70. The van der Waals surface area contributed by atoms with Crippen LogP contribution in [0.3, 0.4) is 0 Å². The number of alkyl halides is 3. The van der Waals surface area contributed by atoms with Crippen molar-refractivity contribution in [1.82, 2.24) is 4.98 Å². The van der Waals surface area contributed by atoms with Gasteiger partial charge < -0.3 is 4.90 Å². The van der Waals surface area contributed by atoms with E-state index in [1.165, 1.54) is 12.3 Å². The van der Waals surface area contributed by atoms with E-state index in [-0.39, 0.29) is 22.7 Å². The van der Waals surface area contributed by atoms with Gasteiger partial charge in [-0.3, -0.25) is 4.79 Å². The standard InChI is InChI=1S/C10H13F3N2OS/c1-6(2)15(5-10(11,12)13)9-14-8(4-17-9)7(3)16/h4,6H,5H2,1-3H3. The molecule has 0 aliphatic heterocycles. The van der Waals surface area contributed by atoms with E-state index in [2.05, 4.69) is 4.98 Å². The lowest BCUT2D eigenvalue weighted by atomic mass is 10.3. The summed E-state index contributed by atoms with van der Waals surface area (Å²) in [5.41, 5.74) is 0.206. The number of halogens is 3. The van der Waals surface area contributed by atoms with Crippen LogP contribution in [0.4, 0.5) is 18.3 Å². The number of hydrogen-bond acceptors (Lipinski definition) is 4. The van der Waals surface area contributed by atoms with E-state index in [4.69, 9.17) is 0 Å². The number of carbonyl (C=O) groups excluding carboxylic acids is 1. The zero-order valence-corrected chi connectivity index (χ0v) is 10.5. The summed E-state index contributed by atoms with van der Waals surface area (Å²) in [4.78, 5) is 16.1. The molecular weight excluding hydrogens is 253 g/mol. The number of hydrogen-bond donors (Lipinski definition) is 0. The summed E-state index contributed by atoms with van der Waals surface area (Å²) in [6.45, 7) is 3.58. The number of Topliss-reactive ketones (excluding diaryl/α,β-unsaturated/α-hetero) is 1. The molecule has 3 nitrogen and oxygen atoms in total. The Morgan fingerprint density at radius 1 is 1.53 bits per heavy atom. The first-order valence-corrected chi connectivity index (χ1v) is 5.88. The molecule has 7 heteroatoms. The Labute approximate surface area is 101 Å². The minimum Gasteiger partial charge on any atom is -0.337 e. The fourth-order valence-corrected chi connectivity index (χ4v) is 2.22. The number of carbonyl (C=O) groups is 1. The summed E-state index contributed by atoms with van der Waals surface area (Å²) in [5, 5.41) is 1.70. The van der Waals surface area contributed by atoms with Crippen molar-refractivity contribution in [2.75, 3.05) is 11.4 Å². The number of aromatic nitrogens is 1. The monoisotopic (exact) mass is 266 g/mol. The van der Waals surface area contributed by atoms with Crippen molar-refractivity contribution in [3.8, 4) is 0 Å². The van der Waals surface area contributed by atoms with Crippen LogP contribution in [-0.2, 0) is 0 Å². The Morgan fingerprint density at radius 3 is 2.47 bits per heavy atom. The van der Waals surface area contributed by atoms with Crippen molar-refractivity contribution in [3.05, 3.63) is 11.1 Å². The SMILES string of the molecule is CC(=O)c1csc(N(CC(F)(F)F)C(C)C)n1. The van der Waals surface area contributed by atoms with E-state index in [1.54, 1.807) is 13.8 Å². The van der Waals surface area contributed by atoms with Crippen molar-refractivity contribution in [2.45, 2.75) is 33.0 Å². The van der Waals surface area contributed by atoms with E-state index in [0.29, 0.717) is 0 Å². The summed E-state index contributed by atoms with van der Waals surface area (Å²) in [6, 6.07) is -0.331. The van der Waals surface area contributed by atoms with Crippen LogP contribution < -0.4 is 4.90 Å². The number of ketones is 1. The van der Waals surface area contributed by atoms with Crippen LogP contribution in [0.2, 0.25) is 0 Å². The lowest BCUT2D eigenvalue weighted by Crippen LogP contribution is -2.39. The Hall–Kier alpha value is -1.11. The van der Waals surface area contributed by atoms with Gasteiger partial charge in [0.1, 0.15) is 12.2 Å². The molecule has 1 heterocycles. The molecule has 0 aliphatic rings. The molecular formula is C10H13F3N2OS. The molecule has 0 atom stereocenters. The van der Waals surface area contributed by atoms with Crippen molar-refractivity contribution in [3.63, 3.8) is 0 Å². The van der Waals surface area contributed by atoms with Crippen LogP contribution in [0.1, 0.15) is 31.3 Å². The molecule has 0 radical (unpaired) electrons. The zero-order valence-electron chi connectivity index (χ0n) is 9.71. The van der Waals surface area contributed by atoms with E-state index < -0.39 is 12.7 Å². The minimum atomic E-state index is -4.29. The molecule has 0 bridgehead atoms. The van der Waals surface area contributed by atoms with Crippen LogP contribution in [-0.4, -0.2) is 29.5 Å². The van der Waals surface area contributed by atoms with Gasteiger partial charge in [0.25, 0.3) is 0 Å². The molecule has 0 fully saturated rings. The number of anilines is 1. The Morgan fingerprint density at radius 2 is 2.12 bits per heavy atom. The molecule has 0 amide bonds. The van der Waals surface area contributed by atoms with Crippen molar-refractivity contribution >= 4 is 22.3 Å². The van der Waals surface area contributed by atoms with Crippen LogP contribution in [0.15, 0.2) is 5.38 Å². The summed E-state index contributed by atoms with van der Waals surface area (Å²) in [5.74, 6) is -0.247. The predicted octanol–water partition coefficient (Wildman–Crippen LogP) is 3.12. The second-order valence-electron chi connectivity index (χ2n) is 3.91. The van der Waals surface area contributed by atoms with Crippen molar-refractivity contribution in [2.24, 2.45) is 0 Å². The Kier molecular flexibility index (Phi) is 4.13. The minimum absolute atomic E-state index is 0.206. The summed E-state index contributed by atoms with van der Waals surface area (Å²) in [7, 11) is 0. The maximum atomic E-state index is 12.4. The third-order valence-corrected chi connectivity index (χ3v) is 2.95. The molecule has 1 aromatic heterocycles. The van der Waals surface area contributed by atoms with Gasteiger partial charge >= 0.3 is 6.18 Å². The van der Waals surface area contributed by atoms with Gasteiger partial charge in [0.15, 0.2) is 10.9 Å². The fourth-order valence-electron chi connectivity index (χ4n) is 1.22. The second-order valence-corrected chi connectivity index (χ2v) is 4.74. The molecule has 17 heavy (non-hydrogen) atoms. The normalized spacial score (nSPS) is 11.9. The largest absolute Gasteiger partial charge is 0.406 e. The Balaban J connectivity index is 2.94. The van der Waals surface area contributed by atoms with Gasteiger partial charge in [-0.1, -0.05) is 0 Å². The molecule has 0 saturated heterocycles. The number of nitrogens with zero attached hydrogens (tertiary/aromatic N) is 2. The molecule has 96 valence electrons. The van der Waals surface area contributed by atoms with Gasteiger partial charge in [-0.05, 0) is 13.8 Å². The van der Waals surface area contributed by atoms with Gasteiger partial charge in [0.05, 0.1) is 0 Å². The van der Waals surface area contributed by atoms with Crippen LogP contribution in [0.25, 0.3) is 0 Å². The van der Waals surface area contributed by atoms with Crippen molar-refractivity contribution < 1.29 is 18.0 Å². The zero-order chi connectivity index (χ0) is 13.2. The van der Waals surface area contributed by atoms with Gasteiger partial charge in [0, 0.05) is 18.3 Å². The van der Waals surface area contributed by atoms with E-state index in [9.17, 15) is 18.0 Å². The first-order valence-electron chi connectivity index (χ1n) is 5.00. The molecule has 0 N–H and O–H groups in total. The maximum Gasteiger partial charge on any atom is 0.406 e. The summed E-state index contributed by atoms with van der Waals surface area (Å²) in [6.07, 6.45) is -4.29. The van der Waals surface area contributed by atoms with Crippen LogP contribution >= 0.6 is 11.3 Å². The topological polar surface area (TPSA) is 33.2 Å². The molecule has 1 aromatic rings. The molecule has 0 unspecified atom stereocenters. The molecule has 0 saturated carbocycles. The molecule has 0 aliphatic carbocycles. The van der Waals surface area contributed by atoms with Crippen molar-refractivity contribution in [1.29, 1.82) is 0 Å². The third kappa shape index (κ3) is 3.99. The quantitative estimate of drug-likeness (QED) is 0.785. The smallest absolute Gasteiger partial charge is 0.337 e. The highest BCUT2D eigenvalue weighted by molar-refractivity contribution is 7.13. The highest BCUT2D eigenvalue weighted by Crippen LogP contribution is 2.27. The van der Waals surface area contributed by atoms with E-state index in [0.717, 1.165) is 16.2 Å². The van der Waals surface area contributed by atoms with Gasteiger partial charge in [0.2, 0.25) is 0 Å². The maximum absolute atomic E-state index is 12.4. The fraction of sp³-hybridized carbons (Fsp3) is 0.600.